The average Bonchev–Trinajstić information content (AvgIpc) is 2.57. The summed E-state index contributed by atoms with van der Waals surface area (Å²) in [5.74, 6) is -0.734. The van der Waals surface area contributed by atoms with Gasteiger partial charge < -0.3 is 5.11 Å². The average molecular weight is 220 g/mol. The van der Waals surface area contributed by atoms with Gasteiger partial charge in [0.1, 0.15) is 0 Å². The topological polar surface area (TPSA) is 37.3 Å². The van der Waals surface area contributed by atoms with Crippen molar-refractivity contribution < 1.29 is 9.90 Å². The Hall–Kier alpha value is -1.35. The van der Waals surface area contributed by atoms with Gasteiger partial charge in [-0.2, -0.15) is 0 Å². The van der Waals surface area contributed by atoms with E-state index in [1.54, 1.807) is 11.3 Å². The van der Waals surface area contributed by atoms with Crippen LogP contribution >= 0.6 is 11.3 Å². The van der Waals surface area contributed by atoms with Crippen molar-refractivity contribution in [3.05, 3.63) is 34.7 Å². The zero-order valence-electron chi connectivity index (χ0n) is 8.49. The number of hydrogen-bond acceptors (Lipinski definition) is 2. The Labute approximate surface area is 92.2 Å². The number of aryl methyl sites for hydroxylation is 2. The molecular formula is C12H12O2S. The molecule has 78 valence electrons. The van der Waals surface area contributed by atoms with Crippen molar-refractivity contribution in [1.82, 2.24) is 0 Å². The molecule has 0 aliphatic heterocycles. The van der Waals surface area contributed by atoms with E-state index in [0.717, 1.165) is 5.56 Å². The first-order chi connectivity index (χ1) is 7.16. The lowest BCUT2D eigenvalue weighted by atomic mass is 10.1. The van der Waals surface area contributed by atoms with Crippen molar-refractivity contribution in [3.8, 4) is 0 Å². The summed E-state index contributed by atoms with van der Waals surface area (Å²) in [6.07, 6.45) is 0.832. The summed E-state index contributed by atoms with van der Waals surface area (Å²) < 4.78 is 1.24. The summed E-state index contributed by atoms with van der Waals surface area (Å²) in [4.78, 5) is 10.5. The smallest absolute Gasteiger partial charge is 0.303 e. The Kier molecular flexibility index (Phi) is 2.73. The molecule has 0 spiro atoms. The number of hydrogen-bond donors (Lipinski definition) is 1. The van der Waals surface area contributed by atoms with Gasteiger partial charge in [-0.1, -0.05) is 17.7 Å². The molecule has 0 atom stereocenters. The molecule has 1 N–H and O–H groups in total. The largest absolute Gasteiger partial charge is 0.481 e. The minimum Gasteiger partial charge on any atom is -0.481 e. The monoisotopic (exact) mass is 220 g/mol. The van der Waals surface area contributed by atoms with Crippen molar-refractivity contribution >= 4 is 27.4 Å². The zero-order valence-corrected chi connectivity index (χ0v) is 9.30. The van der Waals surface area contributed by atoms with Gasteiger partial charge >= 0.3 is 5.97 Å². The molecule has 0 aliphatic carbocycles. The first-order valence-electron chi connectivity index (χ1n) is 4.85. The van der Waals surface area contributed by atoms with Gasteiger partial charge in [0.15, 0.2) is 0 Å². The van der Waals surface area contributed by atoms with Crippen molar-refractivity contribution in [1.29, 1.82) is 0 Å². The number of fused-ring (bicyclic) bond motifs is 1. The van der Waals surface area contributed by atoms with Gasteiger partial charge in [-0.3, -0.25) is 4.79 Å². The second-order valence-electron chi connectivity index (χ2n) is 3.65. The normalized spacial score (nSPS) is 10.7. The number of rotatable bonds is 3. The molecule has 1 heterocycles. The second-order valence-corrected chi connectivity index (χ2v) is 4.57. The quantitative estimate of drug-likeness (QED) is 0.862. The molecule has 15 heavy (non-hydrogen) atoms. The fourth-order valence-corrected chi connectivity index (χ4v) is 2.61. The molecule has 0 unspecified atom stereocenters. The Morgan fingerprint density at radius 2 is 2.27 bits per heavy atom. The maximum atomic E-state index is 10.5. The highest BCUT2D eigenvalue weighted by atomic mass is 32.1. The summed E-state index contributed by atoms with van der Waals surface area (Å²) in [5.41, 5.74) is 2.37. The van der Waals surface area contributed by atoms with Crippen LogP contribution in [0, 0.1) is 6.92 Å². The van der Waals surface area contributed by atoms with Crippen molar-refractivity contribution in [3.63, 3.8) is 0 Å². The van der Waals surface area contributed by atoms with Crippen LogP contribution in [0.2, 0.25) is 0 Å². The first kappa shape index (κ1) is 10.2. The molecule has 0 saturated heterocycles. The van der Waals surface area contributed by atoms with Gasteiger partial charge in [-0.25, -0.2) is 0 Å². The van der Waals surface area contributed by atoms with Gasteiger partial charge in [-0.15, -0.1) is 11.3 Å². The molecule has 2 nitrogen and oxygen atoms in total. The van der Waals surface area contributed by atoms with Crippen LogP contribution in [0.5, 0.6) is 0 Å². The van der Waals surface area contributed by atoms with Crippen LogP contribution in [0.1, 0.15) is 17.5 Å². The van der Waals surface area contributed by atoms with Crippen LogP contribution in [0.25, 0.3) is 10.1 Å². The molecule has 1 aromatic heterocycles. The molecule has 0 radical (unpaired) electrons. The summed E-state index contributed by atoms with van der Waals surface area (Å²) >= 11 is 1.68. The number of carboxylic acids is 1. The van der Waals surface area contributed by atoms with Crippen LogP contribution in [-0.4, -0.2) is 11.1 Å². The van der Waals surface area contributed by atoms with Gasteiger partial charge in [-0.05, 0) is 35.7 Å². The zero-order chi connectivity index (χ0) is 10.8. The number of benzene rings is 1. The first-order valence-corrected chi connectivity index (χ1v) is 5.73. The Balaban J connectivity index is 2.35. The van der Waals surface area contributed by atoms with Gasteiger partial charge in [0, 0.05) is 11.1 Å². The van der Waals surface area contributed by atoms with E-state index in [1.807, 2.05) is 0 Å². The van der Waals surface area contributed by atoms with Crippen LogP contribution in [-0.2, 0) is 11.2 Å². The third kappa shape index (κ3) is 2.18. The van der Waals surface area contributed by atoms with Gasteiger partial charge in [0.25, 0.3) is 0 Å². The van der Waals surface area contributed by atoms with Crippen LogP contribution in [0.4, 0.5) is 0 Å². The molecule has 0 bridgehead atoms. The molecule has 3 heteroatoms. The highest BCUT2D eigenvalue weighted by Crippen LogP contribution is 2.27. The molecule has 2 rings (SSSR count). The van der Waals surface area contributed by atoms with Crippen LogP contribution < -0.4 is 0 Å². The number of thiophene rings is 1. The number of carboxylic acid groups (broad SMARTS) is 1. The van der Waals surface area contributed by atoms with Crippen LogP contribution in [0.15, 0.2) is 23.6 Å². The standard InChI is InChI=1S/C12H12O2S/c1-8-2-4-11-10(6-8)9(7-15-11)3-5-12(13)14/h2,4,6-7H,3,5H2,1H3,(H,13,14). The molecule has 1 aromatic carbocycles. The summed E-state index contributed by atoms with van der Waals surface area (Å²) in [5, 5.41) is 11.9. The van der Waals surface area contributed by atoms with E-state index in [4.69, 9.17) is 5.11 Å². The predicted octanol–water partition coefficient (Wildman–Crippen LogP) is 3.23. The third-order valence-corrected chi connectivity index (χ3v) is 3.43. The predicted molar refractivity (Wildman–Crippen MR) is 62.5 cm³/mol. The molecule has 0 amide bonds. The highest BCUT2D eigenvalue weighted by molar-refractivity contribution is 7.17. The Morgan fingerprint density at radius 3 is 3.00 bits per heavy atom. The van der Waals surface area contributed by atoms with Crippen molar-refractivity contribution in [2.45, 2.75) is 19.8 Å². The SMILES string of the molecule is Cc1ccc2scc(CCC(=O)O)c2c1. The van der Waals surface area contributed by atoms with E-state index in [9.17, 15) is 4.79 Å². The number of carbonyl (C=O) groups is 1. The van der Waals surface area contributed by atoms with Crippen molar-refractivity contribution in [2.75, 3.05) is 0 Å². The second kappa shape index (κ2) is 4.03. The molecule has 0 saturated carbocycles. The summed E-state index contributed by atoms with van der Waals surface area (Å²) in [6, 6.07) is 6.31. The lowest BCUT2D eigenvalue weighted by Gasteiger charge is -1.98. The maximum Gasteiger partial charge on any atom is 0.303 e. The third-order valence-electron chi connectivity index (χ3n) is 2.42. The summed E-state index contributed by atoms with van der Waals surface area (Å²) in [7, 11) is 0. The Bertz CT molecular complexity index is 499. The fourth-order valence-electron chi connectivity index (χ4n) is 1.63. The van der Waals surface area contributed by atoms with Gasteiger partial charge in [0.05, 0.1) is 0 Å². The van der Waals surface area contributed by atoms with Gasteiger partial charge in [0.2, 0.25) is 0 Å². The van der Waals surface area contributed by atoms with E-state index >= 15 is 0 Å². The molecule has 0 aliphatic rings. The van der Waals surface area contributed by atoms with E-state index in [-0.39, 0.29) is 6.42 Å². The summed E-state index contributed by atoms with van der Waals surface area (Å²) in [6.45, 7) is 2.05. The molecular weight excluding hydrogens is 208 g/mol. The van der Waals surface area contributed by atoms with Crippen LogP contribution in [0.3, 0.4) is 0 Å². The minimum atomic E-state index is -0.734. The minimum absolute atomic E-state index is 0.208. The fraction of sp³-hybridized carbons (Fsp3) is 0.250. The lowest BCUT2D eigenvalue weighted by molar-refractivity contribution is -0.136. The highest BCUT2D eigenvalue weighted by Gasteiger charge is 2.06. The van der Waals surface area contributed by atoms with E-state index < -0.39 is 5.97 Å². The van der Waals surface area contributed by atoms with E-state index in [2.05, 4.69) is 30.5 Å². The molecule has 2 aromatic rings. The lowest BCUT2D eigenvalue weighted by Crippen LogP contribution is -1.96. The van der Waals surface area contributed by atoms with E-state index in [1.165, 1.54) is 15.6 Å². The van der Waals surface area contributed by atoms with E-state index in [0.29, 0.717) is 6.42 Å². The van der Waals surface area contributed by atoms with Crippen molar-refractivity contribution in [2.24, 2.45) is 0 Å². The molecule has 0 fully saturated rings. The maximum absolute atomic E-state index is 10.5. The Morgan fingerprint density at radius 1 is 1.47 bits per heavy atom. The number of aliphatic carboxylic acids is 1.